The molecule has 0 aliphatic carbocycles. The second-order valence-electron chi connectivity index (χ2n) is 1.62. The predicted octanol–water partition coefficient (Wildman–Crippen LogP) is -1.05. The van der Waals surface area contributed by atoms with Gasteiger partial charge in [0.1, 0.15) is 6.10 Å². The van der Waals surface area contributed by atoms with Gasteiger partial charge in [-0.1, -0.05) is 0 Å². The van der Waals surface area contributed by atoms with Crippen molar-refractivity contribution in [1.29, 1.82) is 0 Å². The van der Waals surface area contributed by atoms with Crippen LogP contribution in [0.15, 0.2) is 0 Å². The molecule has 1 heterocycles. The van der Waals surface area contributed by atoms with Crippen LogP contribution in [-0.4, -0.2) is 51.1 Å². The summed E-state index contributed by atoms with van der Waals surface area (Å²) >= 11 is 0. The van der Waals surface area contributed by atoms with Crippen LogP contribution in [0.1, 0.15) is 0 Å². The molecule has 0 saturated carbocycles. The Kier molecular flexibility index (Phi) is 5.12. The molecule has 0 radical (unpaired) electrons. The second kappa shape index (κ2) is 5.01. The average Bonchev–Trinajstić information content (AvgIpc) is 1.90. The fraction of sp³-hybridized carbons (Fsp3) is 0.800. The quantitative estimate of drug-likeness (QED) is 0.330. The normalized spacial score (nSPS) is 26.4. The summed E-state index contributed by atoms with van der Waals surface area (Å²) in [6.07, 6.45) is 0.447. The topological polar surface area (TPSA) is 35.5 Å². The van der Waals surface area contributed by atoms with Crippen LogP contribution in [0.3, 0.4) is 0 Å². The van der Waals surface area contributed by atoms with Crippen LogP contribution in [0.5, 0.6) is 0 Å². The molecule has 0 aromatic carbocycles. The first-order valence-electron chi connectivity index (χ1n) is 2.58. The van der Waals surface area contributed by atoms with E-state index in [1.807, 2.05) is 0 Å². The summed E-state index contributed by atoms with van der Waals surface area (Å²) in [7, 11) is 0. The average molecular weight is 124 g/mol. The number of carbonyl (C=O) groups excluding carboxylic acids is 1. The van der Waals surface area contributed by atoms with E-state index >= 15 is 0 Å². The SMILES string of the molecule is O=CC1COCCO1.[LiH]. The van der Waals surface area contributed by atoms with E-state index in [-0.39, 0.29) is 25.0 Å². The van der Waals surface area contributed by atoms with E-state index in [1.165, 1.54) is 0 Å². The summed E-state index contributed by atoms with van der Waals surface area (Å²) < 4.78 is 9.85. The van der Waals surface area contributed by atoms with Crippen molar-refractivity contribution in [3.05, 3.63) is 0 Å². The number of rotatable bonds is 1. The first kappa shape index (κ1) is 9.19. The molecular formula is C5H9LiO3. The Morgan fingerprint density at radius 3 is 2.56 bits per heavy atom. The van der Waals surface area contributed by atoms with Gasteiger partial charge in [0.25, 0.3) is 0 Å². The monoisotopic (exact) mass is 124 g/mol. The molecule has 0 spiro atoms. The van der Waals surface area contributed by atoms with E-state index in [2.05, 4.69) is 0 Å². The zero-order valence-corrected chi connectivity index (χ0v) is 4.50. The minimum atomic E-state index is -0.316. The third kappa shape index (κ3) is 3.02. The third-order valence-corrected chi connectivity index (χ3v) is 0.993. The Balaban J connectivity index is 0.000000640. The van der Waals surface area contributed by atoms with E-state index < -0.39 is 0 Å². The van der Waals surface area contributed by atoms with Crippen molar-refractivity contribution in [3.8, 4) is 0 Å². The van der Waals surface area contributed by atoms with Gasteiger partial charge in [-0.05, 0) is 0 Å². The first-order chi connectivity index (χ1) is 3.93. The third-order valence-electron chi connectivity index (χ3n) is 0.993. The molecule has 1 saturated heterocycles. The van der Waals surface area contributed by atoms with Gasteiger partial charge >= 0.3 is 18.9 Å². The van der Waals surface area contributed by atoms with Crippen molar-refractivity contribution in [3.63, 3.8) is 0 Å². The first-order valence-corrected chi connectivity index (χ1v) is 2.58. The fourth-order valence-corrected chi connectivity index (χ4v) is 0.585. The van der Waals surface area contributed by atoms with E-state index in [0.717, 1.165) is 6.29 Å². The van der Waals surface area contributed by atoms with E-state index in [4.69, 9.17) is 9.47 Å². The van der Waals surface area contributed by atoms with E-state index in [0.29, 0.717) is 19.8 Å². The maximum absolute atomic E-state index is 9.95. The van der Waals surface area contributed by atoms with Crippen LogP contribution in [0.4, 0.5) is 0 Å². The molecule has 48 valence electrons. The van der Waals surface area contributed by atoms with E-state index in [1.54, 1.807) is 0 Å². The Hall–Kier alpha value is 0.187. The van der Waals surface area contributed by atoms with Gasteiger partial charge in [-0.15, -0.1) is 0 Å². The molecule has 0 aromatic rings. The van der Waals surface area contributed by atoms with E-state index in [9.17, 15) is 4.79 Å². The van der Waals surface area contributed by atoms with Crippen molar-refractivity contribution in [2.24, 2.45) is 0 Å². The Bertz CT molecular complexity index is 80.3. The fourth-order valence-electron chi connectivity index (χ4n) is 0.585. The van der Waals surface area contributed by atoms with Crippen molar-refractivity contribution in [2.45, 2.75) is 6.10 Å². The Morgan fingerprint density at radius 2 is 2.22 bits per heavy atom. The van der Waals surface area contributed by atoms with Crippen LogP contribution in [0.2, 0.25) is 0 Å². The molecule has 1 fully saturated rings. The maximum atomic E-state index is 9.95. The van der Waals surface area contributed by atoms with Crippen molar-refractivity contribution >= 4 is 25.1 Å². The van der Waals surface area contributed by atoms with Crippen LogP contribution in [0, 0.1) is 0 Å². The molecule has 1 unspecified atom stereocenters. The predicted molar refractivity (Wildman–Crippen MR) is 33.8 cm³/mol. The van der Waals surface area contributed by atoms with Crippen molar-refractivity contribution in [1.82, 2.24) is 0 Å². The van der Waals surface area contributed by atoms with Gasteiger partial charge in [0, 0.05) is 0 Å². The number of hydrogen-bond donors (Lipinski definition) is 0. The van der Waals surface area contributed by atoms with Crippen molar-refractivity contribution in [2.75, 3.05) is 19.8 Å². The zero-order chi connectivity index (χ0) is 5.82. The number of hydrogen-bond acceptors (Lipinski definition) is 3. The van der Waals surface area contributed by atoms with Gasteiger partial charge in [0.2, 0.25) is 0 Å². The van der Waals surface area contributed by atoms with Gasteiger partial charge in [0.05, 0.1) is 19.8 Å². The molecule has 3 nitrogen and oxygen atoms in total. The minimum absolute atomic E-state index is 0. The summed E-state index contributed by atoms with van der Waals surface area (Å²) in [5.74, 6) is 0. The summed E-state index contributed by atoms with van der Waals surface area (Å²) in [4.78, 5) is 9.95. The van der Waals surface area contributed by atoms with Crippen LogP contribution < -0.4 is 0 Å². The number of ether oxygens (including phenoxy) is 2. The molecular weight excluding hydrogens is 115 g/mol. The number of carbonyl (C=O) groups is 1. The van der Waals surface area contributed by atoms with Crippen LogP contribution in [0.25, 0.3) is 0 Å². The molecule has 0 aromatic heterocycles. The van der Waals surface area contributed by atoms with Gasteiger partial charge < -0.3 is 14.3 Å². The van der Waals surface area contributed by atoms with Gasteiger partial charge in [-0.3, -0.25) is 0 Å². The van der Waals surface area contributed by atoms with Crippen LogP contribution in [-0.2, 0) is 14.3 Å². The van der Waals surface area contributed by atoms with Gasteiger partial charge in [-0.25, -0.2) is 0 Å². The zero-order valence-electron chi connectivity index (χ0n) is 4.50. The summed E-state index contributed by atoms with van der Waals surface area (Å²) in [5, 5.41) is 0. The molecule has 0 amide bonds. The molecule has 9 heavy (non-hydrogen) atoms. The summed E-state index contributed by atoms with van der Waals surface area (Å²) in [6.45, 7) is 1.58. The summed E-state index contributed by atoms with van der Waals surface area (Å²) in [5.41, 5.74) is 0. The molecule has 4 heteroatoms. The second-order valence-corrected chi connectivity index (χ2v) is 1.62. The summed E-state index contributed by atoms with van der Waals surface area (Å²) in [6, 6.07) is 0. The molecule has 0 bridgehead atoms. The Labute approximate surface area is 65.9 Å². The van der Waals surface area contributed by atoms with Crippen LogP contribution >= 0.6 is 0 Å². The standard InChI is InChI=1S/C5H8O3.Li.H/c6-3-5-4-7-1-2-8-5;;/h3,5H,1-2,4H2;;. The van der Waals surface area contributed by atoms with Gasteiger partial charge in [0.15, 0.2) is 6.29 Å². The molecule has 1 aliphatic rings. The van der Waals surface area contributed by atoms with Gasteiger partial charge in [-0.2, -0.15) is 0 Å². The molecule has 1 atom stereocenters. The molecule has 1 aliphatic heterocycles. The van der Waals surface area contributed by atoms with Crippen molar-refractivity contribution < 1.29 is 14.3 Å². The molecule has 1 rings (SSSR count). The molecule has 0 N–H and O–H groups in total. The Morgan fingerprint density at radius 1 is 1.44 bits per heavy atom. The number of aldehydes is 1.